The molecule has 0 aliphatic rings. The standard InChI is InChI=1S/C17H26ClOSi/c1-7-9-19-16-14(17(3,4)5)11-13(2)12-15(16)20(6)10-8-18/h7,11-12H,1,8-10H2,2-6H3. The molecule has 1 aromatic carbocycles. The van der Waals surface area contributed by atoms with Crippen LogP contribution in [0.5, 0.6) is 5.75 Å². The maximum atomic E-state index is 6.03. The molecule has 0 bridgehead atoms. The molecule has 0 atom stereocenters. The topological polar surface area (TPSA) is 9.23 Å². The van der Waals surface area contributed by atoms with Gasteiger partial charge in [-0.1, -0.05) is 57.7 Å². The SMILES string of the molecule is C=CCOc1c([Si](C)CCCl)cc(C)cc1C(C)(C)C. The molecule has 0 N–H and O–H groups in total. The van der Waals surface area contributed by atoms with Gasteiger partial charge in [0.2, 0.25) is 0 Å². The van der Waals surface area contributed by atoms with Crippen LogP contribution in [0.15, 0.2) is 24.8 Å². The van der Waals surface area contributed by atoms with Gasteiger partial charge < -0.3 is 4.74 Å². The van der Waals surface area contributed by atoms with Crippen LogP contribution < -0.4 is 9.92 Å². The molecule has 0 amide bonds. The lowest BCUT2D eigenvalue weighted by Crippen LogP contribution is -2.31. The van der Waals surface area contributed by atoms with Gasteiger partial charge in [0, 0.05) is 5.88 Å². The molecule has 20 heavy (non-hydrogen) atoms. The minimum Gasteiger partial charge on any atom is -0.489 e. The van der Waals surface area contributed by atoms with Gasteiger partial charge in [-0.3, -0.25) is 0 Å². The van der Waals surface area contributed by atoms with E-state index >= 15 is 0 Å². The minimum atomic E-state index is -0.673. The van der Waals surface area contributed by atoms with E-state index in [2.05, 4.69) is 53.0 Å². The first-order chi connectivity index (χ1) is 9.31. The van der Waals surface area contributed by atoms with Crippen LogP contribution in [0.25, 0.3) is 0 Å². The lowest BCUT2D eigenvalue weighted by molar-refractivity contribution is 0.354. The van der Waals surface area contributed by atoms with Crippen molar-refractivity contribution in [2.75, 3.05) is 12.5 Å². The highest BCUT2D eigenvalue weighted by Crippen LogP contribution is 2.31. The second kappa shape index (κ2) is 7.33. The van der Waals surface area contributed by atoms with Crippen LogP contribution in [0.3, 0.4) is 0 Å². The Morgan fingerprint density at radius 3 is 2.50 bits per heavy atom. The third-order valence-electron chi connectivity index (χ3n) is 3.32. The molecule has 111 valence electrons. The Morgan fingerprint density at radius 1 is 1.35 bits per heavy atom. The fourth-order valence-corrected chi connectivity index (χ4v) is 4.69. The van der Waals surface area contributed by atoms with Crippen molar-refractivity contribution < 1.29 is 4.74 Å². The molecule has 0 aliphatic heterocycles. The lowest BCUT2D eigenvalue weighted by Gasteiger charge is -2.27. The first-order valence-corrected chi connectivity index (χ1v) is 9.83. The molecule has 1 radical (unpaired) electrons. The molecule has 0 spiro atoms. The summed E-state index contributed by atoms with van der Waals surface area (Å²) in [4.78, 5) is 0. The molecule has 0 fully saturated rings. The molecule has 0 heterocycles. The molecule has 1 rings (SSSR count). The number of alkyl halides is 1. The quantitative estimate of drug-likeness (QED) is 0.429. The van der Waals surface area contributed by atoms with Crippen molar-refractivity contribution in [2.45, 2.75) is 45.7 Å². The van der Waals surface area contributed by atoms with Crippen LogP contribution in [0, 0.1) is 6.92 Å². The smallest absolute Gasteiger partial charge is 0.122 e. The monoisotopic (exact) mass is 309 g/mol. The highest BCUT2D eigenvalue weighted by Gasteiger charge is 2.24. The number of hydrogen-bond donors (Lipinski definition) is 0. The molecule has 0 saturated carbocycles. The van der Waals surface area contributed by atoms with Gasteiger partial charge in [0.05, 0.1) is 8.80 Å². The Hall–Kier alpha value is -0.733. The number of benzene rings is 1. The van der Waals surface area contributed by atoms with E-state index in [0.717, 1.165) is 11.8 Å². The van der Waals surface area contributed by atoms with E-state index < -0.39 is 8.80 Å². The van der Waals surface area contributed by atoms with Crippen LogP contribution >= 0.6 is 11.6 Å². The summed E-state index contributed by atoms with van der Waals surface area (Å²) in [5.41, 5.74) is 2.66. The Balaban J connectivity index is 3.39. The first kappa shape index (κ1) is 17.3. The highest BCUT2D eigenvalue weighted by atomic mass is 35.5. The van der Waals surface area contributed by atoms with Crippen LogP contribution in [0.1, 0.15) is 31.9 Å². The Morgan fingerprint density at radius 2 is 2.00 bits per heavy atom. The number of aryl methyl sites for hydroxylation is 1. The normalized spacial score (nSPS) is 11.8. The van der Waals surface area contributed by atoms with Crippen molar-refractivity contribution in [1.82, 2.24) is 0 Å². The van der Waals surface area contributed by atoms with Crippen LogP contribution in [-0.4, -0.2) is 21.3 Å². The summed E-state index contributed by atoms with van der Waals surface area (Å²) < 4.78 is 6.03. The van der Waals surface area contributed by atoms with Gasteiger partial charge in [0.25, 0.3) is 0 Å². The lowest BCUT2D eigenvalue weighted by atomic mass is 9.85. The molecule has 0 aromatic heterocycles. The van der Waals surface area contributed by atoms with Crippen molar-refractivity contribution in [3.63, 3.8) is 0 Å². The van der Waals surface area contributed by atoms with Crippen molar-refractivity contribution in [2.24, 2.45) is 0 Å². The third kappa shape index (κ3) is 4.39. The second-order valence-corrected chi connectivity index (χ2v) is 9.24. The van der Waals surface area contributed by atoms with Crippen molar-refractivity contribution in [3.8, 4) is 5.75 Å². The molecule has 1 aromatic rings. The van der Waals surface area contributed by atoms with E-state index in [1.807, 2.05) is 0 Å². The van der Waals surface area contributed by atoms with E-state index in [-0.39, 0.29) is 5.41 Å². The zero-order valence-corrected chi connectivity index (χ0v) is 15.1. The van der Waals surface area contributed by atoms with Crippen molar-refractivity contribution in [1.29, 1.82) is 0 Å². The maximum absolute atomic E-state index is 6.03. The molecule has 3 heteroatoms. The zero-order chi connectivity index (χ0) is 15.3. The fraction of sp³-hybridized carbons (Fsp3) is 0.529. The zero-order valence-electron chi connectivity index (χ0n) is 13.3. The molecular weight excluding hydrogens is 284 g/mol. The van der Waals surface area contributed by atoms with Gasteiger partial charge in [-0.25, -0.2) is 0 Å². The van der Waals surface area contributed by atoms with Crippen LogP contribution in [0.2, 0.25) is 12.6 Å². The number of rotatable bonds is 6. The van der Waals surface area contributed by atoms with Gasteiger partial charge in [0.15, 0.2) is 0 Å². The average Bonchev–Trinajstić information content (AvgIpc) is 2.35. The highest BCUT2D eigenvalue weighted by molar-refractivity contribution is 6.73. The maximum Gasteiger partial charge on any atom is 0.122 e. The summed E-state index contributed by atoms with van der Waals surface area (Å²) in [5, 5.41) is 1.36. The average molecular weight is 310 g/mol. The summed E-state index contributed by atoms with van der Waals surface area (Å²) in [6, 6.07) is 5.58. The van der Waals surface area contributed by atoms with Crippen LogP contribution in [-0.2, 0) is 5.41 Å². The van der Waals surface area contributed by atoms with Gasteiger partial charge in [-0.2, -0.15) is 0 Å². The number of halogens is 1. The van der Waals surface area contributed by atoms with E-state index in [1.54, 1.807) is 6.08 Å². The number of hydrogen-bond acceptors (Lipinski definition) is 1. The molecule has 0 saturated heterocycles. The Kier molecular flexibility index (Phi) is 6.34. The van der Waals surface area contributed by atoms with Gasteiger partial charge in [-0.15, -0.1) is 11.6 Å². The largest absolute Gasteiger partial charge is 0.489 e. The van der Waals surface area contributed by atoms with E-state index in [9.17, 15) is 0 Å². The minimum absolute atomic E-state index is 0.0698. The van der Waals surface area contributed by atoms with Gasteiger partial charge >= 0.3 is 0 Å². The summed E-state index contributed by atoms with van der Waals surface area (Å²) >= 11 is 5.94. The molecular formula is C17H26ClOSi. The van der Waals surface area contributed by atoms with E-state index in [4.69, 9.17) is 16.3 Å². The summed E-state index contributed by atoms with van der Waals surface area (Å²) in [7, 11) is -0.673. The van der Waals surface area contributed by atoms with Gasteiger partial charge in [0.1, 0.15) is 12.4 Å². The summed E-state index contributed by atoms with van der Waals surface area (Å²) in [5.74, 6) is 1.77. The predicted molar refractivity (Wildman–Crippen MR) is 92.4 cm³/mol. The molecule has 1 nitrogen and oxygen atoms in total. The van der Waals surface area contributed by atoms with Gasteiger partial charge in [-0.05, 0) is 29.1 Å². The number of ether oxygens (including phenoxy) is 1. The summed E-state index contributed by atoms with van der Waals surface area (Å²) in [6.45, 7) is 15.5. The van der Waals surface area contributed by atoms with E-state index in [1.165, 1.54) is 16.3 Å². The van der Waals surface area contributed by atoms with E-state index in [0.29, 0.717) is 12.5 Å². The summed E-state index contributed by atoms with van der Waals surface area (Å²) in [6.07, 6.45) is 1.81. The predicted octanol–water partition coefficient (Wildman–Crippen LogP) is 4.43. The fourth-order valence-electron chi connectivity index (χ4n) is 2.22. The Labute approximate surface area is 130 Å². The van der Waals surface area contributed by atoms with Crippen molar-refractivity contribution >= 4 is 25.6 Å². The first-order valence-electron chi connectivity index (χ1n) is 7.08. The second-order valence-electron chi connectivity index (χ2n) is 6.26. The molecule has 0 unspecified atom stereocenters. The van der Waals surface area contributed by atoms with Crippen molar-refractivity contribution in [3.05, 3.63) is 35.9 Å². The van der Waals surface area contributed by atoms with Crippen LogP contribution in [0.4, 0.5) is 0 Å². The Bertz CT molecular complexity index is 463. The molecule has 0 aliphatic carbocycles. The third-order valence-corrected chi connectivity index (χ3v) is 6.11.